The third kappa shape index (κ3) is 4.26. The Bertz CT molecular complexity index is 1190. The predicted molar refractivity (Wildman–Crippen MR) is 120 cm³/mol. The number of methoxy groups -OCH3 is 1. The van der Waals surface area contributed by atoms with Crippen LogP contribution in [0.5, 0.6) is 5.75 Å². The quantitative estimate of drug-likeness (QED) is 0.488. The van der Waals surface area contributed by atoms with E-state index < -0.39 is 0 Å². The van der Waals surface area contributed by atoms with Gasteiger partial charge in [0.1, 0.15) is 11.9 Å². The maximum Gasteiger partial charge on any atom is 0.119 e. The van der Waals surface area contributed by atoms with Crippen LogP contribution in [0.2, 0.25) is 0 Å². The average Bonchev–Trinajstić information content (AvgIpc) is 2.85. The second kappa shape index (κ2) is 8.79. The molecule has 156 valence electrons. The SMILES string of the molecule is COc1cccc(-c2cncc([C@@H]3CN(Cc4ccnc5ccccc45)CCO3)n2)c1. The fraction of sp³-hybridized carbons (Fsp3) is 0.240. The number of aromatic nitrogens is 3. The van der Waals surface area contributed by atoms with E-state index in [-0.39, 0.29) is 6.10 Å². The molecule has 0 radical (unpaired) electrons. The normalized spacial score (nSPS) is 17.0. The highest BCUT2D eigenvalue weighted by Gasteiger charge is 2.24. The first kappa shape index (κ1) is 19.6. The number of morpholine rings is 1. The van der Waals surface area contributed by atoms with E-state index in [0.717, 1.165) is 47.9 Å². The Labute approximate surface area is 181 Å². The molecule has 1 fully saturated rings. The smallest absolute Gasteiger partial charge is 0.119 e. The van der Waals surface area contributed by atoms with Crippen LogP contribution in [0.1, 0.15) is 17.4 Å². The first-order valence-corrected chi connectivity index (χ1v) is 10.4. The van der Waals surface area contributed by atoms with Crippen LogP contribution in [-0.4, -0.2) is 46.7 Å². The van der Waals surface area contributed by atoms with Gasteiger partial charge in [-0.1, -0.05) is 30.3 Å². The summed E-state index contributed by atoms with van der Waals surface area (Å²) in [6, 6.07) is 18.3. The van der Waals surface area contributed by atoms with Crippen molar-refractivity contribution in [2.45, 2.75) is 12.6 Å². The molecular formula is C25H24N4O2. The summed E-state index contributed by atoms with van der Waals surface area (Å²) in [7, 11) is 1.66. The van der Waals surface area contributed by atoms with Crippen LogP contribution in [0.25, 0.3) is 22.2 Å². The highest BCUT2D eigenvalue weighted by molar-refractivity contribution is 5.81. The molecule has 0 bridgehead atoms. The molecule has 2 aromatic heterocycles. The van der Waals surface area contributed by atoms with Gasteiger partial charge in [-0.2, -0.15) is 0 Å². The summed E-state index contributed by atoms with van der Waals surface area (Å²) in [4.78, 5) is 16.2. The van der Waals surface area contributed by atoms with Gasteiger partial charge in [-0.15, -0.1) is 0 Å². The standard InChI is InChI=1S/C25H24N4O2/c1-30-20-6-4-5-18(13-20)23-14-26-15-24(28-23)25-17-29(11-12-31-25)16-19-9-10-27-22-8-3-2-7-21(19)22/h2-10,13-15,25H,11-12,16-17H2,1H3/t25-/m0/s1. The summed E-state index contributed by atoms with van der Waals surface area (Å²) < 4.78 is 11.4. The van der Waals surface area contributed by atoms with Crippen LogP contribution in [0.4, 0.5) is 0 Å². The molecule has 31 heavy (non-hydrogen) atoms. The fourth-order valence-electron chi connectivity index (χ4n) is 4.02. The Balaban J connectivity index is 1.36. The third-order valence-electron chi connectivity index (χ3n) is 5.63. The minimum atomic E-state index is -0.111. The van der Waals surface area contributed by atoms with Crippen molar-refractivity contribution in [2.24, 2.45) is 0 Å². The Morgan fingerprint density at radius 1 is 1.10 bits per heavy atom. The summed E-state index contributed by atoms with van der Waals surface area (Å²) in [5.74, 6) is 0.800. The van der Waals surface area contributed by atoms with Crippen molar-refractivity contribution >= 4 is 10.9 Å². The molecule has 5 rings (SSSR count). The van der Waals surface area contributed by atoms with E-state index in [9.17, 15) is 0 Å². The topological polar surface area (TPSA) is 60.4 Å². The van der Waals surface area contributed by atoms with Crippen LogP contribution in [0, 0.1) is 0 Å². The molecule has 1 atom stereocenters. The molecule has 6 nitrogen and oxygen atoms in total. The molecule has 1 aliphatic rings. The van der Waals surface area contributed by atoms with Gasteiger partial charge in [0, 0.05) is 36.8 Å². The summed E-state index contributed by atoms with van der Waals surface area (Å²) in [5, 5.41) is 1.20. The zero-order valence-corrected chi connectivity index (χ0v) is 17.4. The van der Waals surface area contributed by atoms with Crippen molar-refractivity contribution < 1.29 is 9.47 Å². The van der Waals surface area contributed by atoms with E-state index in [1.807, 2.05) is 36.5 Å². The Kier molecular flexibility index (Phi) is 5.56. The van der Waals surface area contributed by atoms with E-state index in [1.54, 1.807) is 19.5 Å². The first-order chi connectivity index (χ1) is 15.3. The largest absolute Gasteiger partial charge is 0.497 e. The lowest BCUT2D eigenvalue weighted by Crippen LogP contribution is -2.38. The maximum atomic E-state index is 6.07. The van der Waals surface area contributed by atoms with Gasteiger partial charge in [-0.3, -0.25) is 14.9 Å². The molecule has 0 N–H and O–H groups in total. The number of hydrogen-bond acceptors (Lipinski definition) is 6. The van der Waals surface area contributed by atoms with Crippen molar-refractivity contribution in [1.29, 1.82) is 0 Å². The Morgan fingerprint density at radius 3 is 2.97 bits per heavy atom. The van der Waals surface area contributed by atoms with Gasteiger partial charge in [0.25, 0.3) is 0 Å². The van der Waals surface area contributed by atoms with E-state index >= 15 is 0 Å². The number of benzene rings is 2. The Hall–Kier alpha value is -3.35. The zero-order valence-electron chi connectivity index (χ0n) is 17.4. The molecule has 4 aromatic rings. The molecule has 0 spiro atoms. The Morgan fingerprint density at radius 2 is 2.03 bits per heavy atom. The lowest BCUT2D eigenvalue weighted by Gasteiger charge is -2.32. The van der Waals surface area contributed by atoms with Crippen LogP contribution in [0.3, 0.4) is 0 Å². The molecule has 0 saturated carbocycles. The van der Waals surface area contributed by atoms with Crippen molar-refractivity contribution in [1.82, 2.24) is 19.9 Å². The van der Waals surface area contributed by atoms with Gasteiger partial charge < -0.3 is 9.47 Å². The molecule has 0 amide bonds. The van der Waals surface area contributed by atoms with Gasteiger partial charge in [0.2, 0.25) is 0 Å². The van der Waals surface area contributed by atoms with Crippen LogP contribution < -0.4 is 4.74 Å². The van der Waals surface area contributed by atoms with Crippen LogP contribution >= 0.6 is 0 Å². The predicted octanol–water partition coefficient (Wildman–Crippen LogP) is 4.27. The van der Waals surface area contributed by atoms with E-state index in [4.69, 9.17) is 14.5 Å². The second-order valence-corrected chi connectivity index (χ2v) is 7.64. The van der Waals surface area contributed by atoms with E-state index in [1.165, 1.54) is 10.9 Å². The van der Waals surface area contributed by atoms with Crippen molar-refractivity contribution in [3.8, 4) is 17.0 Å². The van der Waals surface area contributed by atoms with Crippen molar-refractivity contribution in [3.05, 3.63) is 84.4 Å². The molecule has 3 heterocycles. The highest BCUT2D eigenvalue weighted by atomic mass is 16.5. The summed E-state index contributed by atoms with van der Waals surface area (Å²) in [6.45, 7) is 3.17. The number of para-hydroxylation sites is 1. The number of nitrogens with zero attached hydrogens (tertiary/aromatic N) is 4. The molecule has 2 aromatic carbocycles. The van der Waals surface area contributed by atoms with Gasteiger partial charge in [-0.05, 0) is 29.8 Å². The summed E-state index contributed by atoms with van der Waals surface area (Å²) >= 11 is 0. The number of ether oxygens (including phenoxy) is 2. The summed E-state index contributed by atoms with van der Waals surface area (Å²) in [5.41, 5.74) is 4.95. The van der Waals surface area contributed by atoms with Crippen molar-refractivity contribution in [2.75, 3.05) is 26.8 Å². The third-order valence-corrected chi connectivity index (χ3v) is 5.63. The van der Waals surface area contributed by atoms with Gasteiger partial charge in [0.05, 0.1) is 43.0 Å². The molecular weight excluding hydrogens is 388 g/mol. The fourth-order valence-corrected chi connectivity index (χ4v) is 4.02. The second-order valence-electron chi connectivity index (χ2n) is 7.64. The van der Waals surface area contributed by atoms with Crippen molar-refractivity contribution in [3.63, 3.8) is 0 Å². The lowest BCUT2D eigenvalue weighted by molar-refractivity contribution is -0.0349. The average molecular weight is 412 g/mol. The molecule has 1 aliphatic heterocycles. The number of fused-ring (bicyclic) bond motifs is 1. The first-order valence-electron chi connectivity index (χ1n) is 10.4. The number of rotatable bonds is 5. The molecule has 0 unspecified atom stereocenters. The maximum absolute atomic E-state index is 6.07. The highest BCUT2D eigenvalue weighted by Crippen LogP contribution is 2.27. The van der Waals surface area contributed by atoms with Gasteiger partial charge in [0.15, 0.2) is 0 Å². The van der Waals surface area contributed by atoms with Crippen LogP contribution in [0.15, 0.2) is 73.2 Å². The monoisotopic (exact) mass is 412 g/mol. The molecule has 0 aliphatic carbocycles. The number of hydrogen-bond donors (Lipinski definition) is 0. The number of pyridine rings is 1. The molecule has 6 heteroatoms. The van der Waals surface area contributed by atoms with Gasteiger partial charge >= 0.3 is 0 Å². The zero-order chi connectivity index (χ0) is 21.0. The minimum Gasteiger partial charge on any atom is -0.497 e. The minimum absolute atomic E-state index is 0.111. The van der Waals surface area contributed by atoms with E-state index in [0.29, 0.717) is 6.61 Å². The summed E-state index contributed by atoms with van der Waals surface area (Å²) in [6.07, 6.45) is 5.36. The van der Waals surface area contributed by atoms with E-state index in [2.05, 4.69) is 39.1 Å². The van der Waals surface area contributed by atoms with Crippen LogP contribution in [-0.2, 0) is 11.3 Å². The van der Waals surface area contributed by atoms with Gasteiger partial charge in [-0.25, -0.2) is 4.98 Å². The molecule has 1 saturated heterocycles. The lowest BCUT2D eigenvalue weighted by atomic mass is 10.1.